The van der Waals surface area contributed by atoms with Crippen LogP contribution in [0, 0.1) is 17.6 Å². The van der Waals surface area contributed by atoms with Gasteiger partial charge in [-0.2, -0.15) is 0 Å². The molecule has 6 nitrogen and oxygen atoms in total. The number of hydrogen-bond donors (Lipinski definition) is 2. The predicted molar refractivity (Wildman–Crippen MR) is 114 cm³/mol. The fourth-order valence-corrected chi connectivity index (χ4v) is 3.98. The van der Waals surface area contributed by atoms with Gasteiger partial charge in [0, 0.05) is 24.7 Å². The van der Waals surface area contributed by atoms with Gasteiger partial charge in [-0.05, 0) is 68.0 Å². The highest BCUT2D eigenvalue weighted by Crippen LogP contribution is 2.25. The Balaban J connectivity index is 1.43. The second kappa shape index (κ2) is 9.46. The fourth-order valence-electron chi connectivity index (χ4n) is 3.98. The number of halogens is 2. The number of likely N-dealkylation sites (tertiary alicyclic amines) is 1. The zero-order valence-corrected chi connectivity index (χ0v) is 17.5. The van der Waals surface area contributed by atoms with Crippen molar-refractivity contribution in [3.63, 3.8) is 0 Å². The molecule has 2 fully saturated rings. The van der Waals surface area contributed by atoms with Gasteiger partial charge in [-0.25, -0.2) is 8.78 Å². The molecule has 1 unspecified atom stereocenters. The molecule has 8 heteroatoms. The van der Waals surface area contributed by atoms with E-state index in [-0.39, 0.29) is 34.9 Å². The molecule has 4 rings (SSSR count). The number of benzene rings is 2. The van der Waals surface area contributed by atoms with Crippen LogP contribution in [-0.4, -0.2) is 47.8 Å². The van der Waals surface area contributed by atoms with Gasteiger partial charge in [0.25, 0.3) is 11.8 Å². The van der Waals surface area contributed by atoms with Gasteiger partial charge < -0.3 is 15.5 Å². The molecule has 1 heterocycles. The number of carbonyl (C=O) groups is 3. The second-order valence-electron chi connectivity index (χ2n) is 8.35. The predicted octanol–water partition coefficient (Wildman–Crippen LogP) is 2.89. The van der Waals surface area contributed by atoms with Crippen LogP contribution in [0.4, 0.5) is 8.78 Å². The van der Waals surface area contributed by atoms with Crippen LogP contribution >= 0.6 is 0 Å². The summed E-state index contributed by atoms with van der Waals surface area (Å²) in [7, 11) is 0. The Morgan fingerprint density at radius 2 is 1.56 bits per heavy atom. The van der Waals surface area contributed by atoms with E-state index >= 15 is 0 Å². The molecule has 0 radical (unpaired) electrons. The number of hydrogen-bond acceptors (Lipinski definition) is 3. The van der Waals surface area contributed by atoms with E-state index in [9.17, 15) is 23.2 Å². The van der Waals surface area contributed by atoms with Crippen LogP contribution in [-0.2, 0) is 4.79 Å². The highest BCUT2D eigenvalue weighted by Gasteiger charge is 2.36. The van der Waals surface area contributed by atoms with Crippen LogP contribution < -0.4 is 10.6 Å². The van der Waals surface area contributed by atoms with E-state index in [0.29, 0.717) is 25.9 Å². The summed E-state index contributed by atoms with van der Waals surface area (Å²) < 4.78 is 27.2. The monoisotopic (exact) mass is 441 g/mol. The molecule has 0 bridgehead atoms. The van der Waals surface area contributed by atoms with Crippen molar-refractivity contribution in [3.05, 3.63) is 71.3 Å². The topological polar surface area (TPSA) is 78.5 Å². The number of amides is 3. The van der Waals surface area contributed by atoms with Crippen molar-refractivity contribution < 1.29 is 23.2 Å². The third kappa shape index (κ3) is 5.12. The first-order valence-corrected chi connectivity index (χ1v) is 10.8. The maximum Gasteiger partial charge on any atom is 0.256 e. The van der Waals surface area contributed by atoms with Crippen molar-refractivity contribution in [2.24, 2.45) is 5.92 Å². The molecule has 2 N–H and O–H groups in total. The molecule has 168 valence electrons. The van der Waals surface area contributed by atoms with Gasteiger partial charge >= 0.3 is 0 Å². The van der Waals surface area contributed by atoms with E-state index in [0.717, 1.165) is 12.8 Å². The normalized spacial score (nSPS) is 17.5. The molecule has 2 aromatic carbocycles. The lowest BCUT2D eigenvalue weighted by atomic mass is 9.88. The summed E-state index contributed by atoms with van der Waals surface area (Å²) in [6.07, 6.45) is 2.82. The number of rotatable bonds is 6. The number of piperidine rings is 1. The van der Waals surface area contributed by atoms with Gasteiger partial charge in [-0.1, -0.05) is 12.1 Å². The summed E-state index contributed by atoms with van der Waals surface area (Å²) in [5.41, 5.74) is 0.293. The summed E-state index contributed by atoms with van der Waals surface area (Å²) >= 11 is 0. The number of nitrogens with one attached hydrogen (secondary N) is 2. The first kappa shape index (κ1) is 21.9. The standard InChI is InChI=1S/C24H25F2N3O3/c25-17-7-5-16(6-8-17)22(30)28-21(23(31)27-18-9-10-18)15-11-13-29(14-12-15)24(32)19-3-1-2-4-20(19)26/h1-8,15,18,21H,9-14H2,(H,27,31)(H,28,30). The molecule has 3 amide bonds. The van der Waals surface area contributed by atoms with Crippen molar-refractivity contribution in [2.45, 2.75) is 37.8 Å². The van der Waals surface area contributed by atoms with Gasteiger partial charge in [0.2, 0.25) is 5.91 Å². The average molecular weight is 441 g/mol. The van der Waals surface area contributed by atoms with Crippen molar-refractivity contribution in [1.82, 2.24) is 15.5 Å². The van der Waals surface area contributed by atoms with Crippen molar-refractivity contribution in [2.75, 3.05) is 13.1 Å². The minimum atomic E-state index is -0.765. The molecule has 32 heavy (non-hydrogen) atoms. The largest absolute Gasteiger partial charge is 0.352 e. The minimum Gasteiger partial charge on any atom is -0.352 e. The Kier molecular flexibility index (Phi) is 6.48. The van der Waals surface area contributed by atoms with Crippen molar-refractivity contribution >= 4 is 17.7 Å². The Morgan fingerprint density at radius 3 is 2.19 bits per heavy atom. The Morgan fingerprint density at radius 1 is 0.906 bits per heavy atom. The van der Waals surface area contributed by atoms with Crippen LogP contribution in [0.1, 0.15) is 46.4 Å². The van der Waals surface area contributed by atoms with E-state index in [1.165, 1.54) is 42.5 Å². The van der Waals surface area contributed by atoms with Crippen molar-refractivity contribution in [3.8, 4) is 0 Å². The maximum atomic E-state index is 14.0. The van der Waals surface area contributed by atoms with E-state index in [1.807, 2.05) is 0 Å². The first-order chi connectivity index (χ1) is 15.4. The molecule has 1 aliphatic heterocycles. The van der Waals surface area contributed by atoms with Crippen molar-refractivity contribution in [1.29, 1.82) is 0 Å². The third-order valence-corrected chi connectivity index (χ3v) is 6.00. The first-order valence-electron chi connectivity index (χ1n) is 10.8. The maximum absolute atomic E-state index is 14.0. The SMILES string of the molecule is O=C(NC(C(=O)NC1CC1)C1CCN(C(=O)c2ccccc2F)CC1)c1ccc(F)cc1. The molecular formula is C24H25F2N3O3. The fraction of sp³-hybridized carbons (Fsp3) is 0.375. The van der Waals surface area contributed by atoms with Gasteiger partial charge in [-0.15, -0.1) is 0 Å². The highest BCUT2D eigenvalue weighted by atomic mass is 19.1. The molecule has 1 saturated heterocycles. The van der Waals surface area contributed by atoms with Crippen LogP contribution in [0.15, 0.2) is 48.5 Å². The summed E-state index contributed by atoms with van der Waals surface area (Å²) in [5, 5.41) is 5.74. The molecule has 1 aliphatic carbocycles. The third-order valence-electron chi connectivity index (χ3n) is 6.00. The Hall–Kier alpha value is -3.29. The van der Waals surface area contributed by atoms with E-state index in [2.05, 4.69) is 10.6 Å². The van der Waals surface area contributed by atoms with E-state index < -0.39 is 23.6 Å². The second-order valence-corrected chi connectivity index (χ2v) is 8.35. The summed E-state index contributed by atoms with van der Waals surface area (Å²) in [4.78, 5) is 39.8. The van der Waals surface area contributed by atoms with Gasteiger partial charge in [0.1, 0.15) is 17.7 Å². The quantitative estimate of drug-likeness (QED) is 0.724. The van der Waals surface area contributed by atoms with Gasteiger partial charge in [0.15, 0.2) is 0 Å². The molecule has 1 atom stereocenters. The lowest BCUT2D eigenvalue weighted by molar-refractivity contribution is -0.124. The Labute approximate surface area is 185 Å². The molecule has 2 aromatic rings. The minimum absolute atomic E-state index is 0.0265. The lowest BCUT2D eigenvalue weighted by Crippen LogP contribution is -2.54. The molecule has 0 aromatic heterocycles. The number of carbonyl (C=O) groups excluding carboxylic acids is 3. The van der Waals surface area contributed by atoms with E-state index in [1.54, 1.807) is 11.0 Å². The summed E-state index contributed by atoms with van der Waals surface area (Å²) in [6.45, 7) is 0.717. The molecular weight excluding hydrogens is 416 g/mol. The molecule has 0 spiro atoms. The molecule has 2 aliphatic rings. The van der Waals surface area contributed by atoms with Crippen LogP contribution in [0.25, 0.3) is 0 Å². The van der Waals surface area contributed by atoms with Crippen LogP contribution in [0.5, 0.6) is 0 Å². The highest BCUT2D eigenvalue weighted by molar-refractivity contribution is 5.98. The average Bonchev–Trinajstić information content (AvgIpc) is 3.62. The lowest BCUT2D eigenvalue weighted by Gasteiger charge is -2.36. The zero-order chi connectivity index (χ0) is 22.7. The van der Waals surface area contributed by atoms with Gasteiger partial charge in [-0.3, -0.25) is 14.4 Å². The zero-order valence-electron chi connectivity index (χ0n) is 17.5. The Bertz CT molecular complexity index is 1000. The van der Waals surface area contributed by atoms with Crippen LogP contribution in [0.2, 0.25) is 0 Å². The smallest absolute Gasteiger partial charge is 0.256 e. The summed E-state index contributed by atoms with van der Waals surface area (Å²) in [5.74, 6) is -2.27. The van der Waals surface area contributed by atoms with E-state index in [4.69, 9.17) is 0 Å². The van der Waals surface area contributed by atoms with Crippen LogP contribution in [0.3, 0.4) is 0 Å². The number of nitrogens with zero attached hydrogens (tertiary/aromatic N) is 1. The van der Waals surface area contributed by atoms with Gasteiger partial charge in [0.05, 0.1) is 5.56 Å². The summed E-state index contributed by atoms with van der Waals surface area (Å²) in [6, 6.07) is 10.4. The molecule has 1 saturated carbocycles.